The van der Waals surface area contributed by atoms with Crippen molar-refractivity contribution in [2.24, 2.45) is 5.73 Å². The Hall–Kier alpha value is -1.39. The lowest BCUT2D eigenvalue weighted by atomic mass is 10.1. The quantitative estimate of drug-likeness (QED) is 0.785. The first-order chi connectivity index (χ1) is 8.68. The first-order valence-corrected chi connectivity index (χ1v) is 6.47. The first kappa shape index (κ1) is 13.1. The number of benzene rings is 1. The van der Waals surface area contributed by atoms with E-state index in [1.165, 1.54) is 12.8 Å². The Balaban J connectivity index is 1.73. The highest BCUT2D eigenvalue weighted by atomic mass is 16.2. The monoisotopic (exact) mass is 247 g/mol. The van der Waals surface area contributed by atoms with Crippen molar-refractivity contribution in [2.75, 3.05) is 20.1 Å². The average molecular weight is 247 g/mol. The lowest BCUT2D eigenvalue weighted by molar-refractivity contribution is -0.122. The molecule has 0 unspecified atom stereocenters. The molecule has 1 aliphatic carbocycles. The average Bonchev–Trinajstić information content (AvgIpc) is 3.23. The third-order valence-electron chi connectivity index (χ3n) is 3.38. The van der Waals surface area contributed by atoms with E-state index in [9.17, 15) is 4.79 Å². The second-order valence-corrected chi connectivity index (χ2v) is 4.89. The summed E-state index contributed by atoms with van der Waals surface area (Å²) < 4.78 is 0. The molecule has 2 rings (SSSR count). The number of amides is 1. The van der Waals surface area contributed by atoms with Gasteiger partial charge in [-0.1, -0.05) is 30.3 Å². The van der Waals surface area contributed by atoms with E-state index in [-0.39, 0.29) is 5.91 Å². The largest absolute Gasteiger partial charge is 0.353 e. The van der Waals surface area contributed by atoms with Crippen molar-refractivity contribution >= 4 is 5.91 Å². The zero-order valence-corrected chi connectivity index (χ0v) is 10.8. The van der Waals surface area contributed by atoms with Crippen LogP contribution in [0.25, 0.3) is 0 Å². The number of rotatable bonds is 6. The second-order valence-electron chi connectivity index (χ2n) is 4.89. The molecule has 1 atom stereocenters. The minimum Gasteiger partial charge on any atom is -0.353 e. The highest BCUT2D eigenvalue weighted by molar-refractivity contribution is 5.82. The fraction of sp³-hybridized carbons (Fsp3) is 0.500. The summed E-state index contributed by atoms with van der Waals surface area (Å²) in [6, 6.07) is 9.61. The number of carbonyl (C=O) groups excluding carboxylic acids is 1. The maximum absolute atomic E-state index is 11.9. The molecular formula is C14H21N3O. The summed E-state index contributed by atoms with van der Waals surface area (Å²) in [5.74, 6) is -0.106. The molecule has 1 aromatic rings. The van der Waals surface area contributed by atoms with Crippen LogP contribution in [0.15, 0.2) is 30.3 Å². The number of nitrogens with two attached hydrogens (primary N) is 1. The maximum atomic E-state index is 11.9. The standard InChI is InChI=1S/C14H21N3O/c1-17(12-7-8-12)10-9-16-14(18)13(15)11-5-3-2-4-6-11/h2-6,12-13H,7-10,15H2,1H3,(H,16,18)/t13-/m1/s1. The third kappa shape index (κ3) is 3.55. The fourth-order valence-corrected chi connectivity index (χ4v) is 1.98. The molecule has 18 heavy (non-hydrogen) atoms. The zero-order chi connectivity index (χ0) is 13.0. The molecule has 3 N–H and O–H groups in total. The molecule has 0 saturated heterocycles. The molecule has 1 aliphatic rings. The van der Waals surface area contributed by atoms with Gasteiger partial charge in [-0.15, -0.1) is 0 Å². The molecule has 0 aromatic heterocycles. The van der Waals surface area contributed by atoms with Gasteiger partial charge in [0.25, 0.3) is 0 Å². The lowest BCUT2D eigenvalue weighted by Gasteiger charge is -2.17. The van der Waals surface area contributed by atoms with Gasteiger partial charge >= 0.3 is 0 Å². The zero-order valence-electron chi connectivity index (χ0n) is 10.8. The summed E-state index contributed by atoms with van der Waals surface area (Å²) in [6.07, 6.45) is 2.57. The van der Waals surface area contributed by atoms with E-state index in [0.717, 1.165) is 18.2 Å². The number of hydrogen-bond donors (Lipinski definition) is 2. The Morgan fingerprint density at radius 3 is 2.72 bits per heavy atom. The maximum Gasteiger partial charge on any atom is 0.241 e. The van der Waals surface area contributed by atoms with Crippen LogP contribution < -0.4 is 11.1 Å². The summed E-state index contributed by atoms with van der Waals surface area (Å²) in [4.78, 5) is 14.1. The van der Waals surface area contributed by atoms with E-state index < -0.39 is 6.04 Å². The van der Waals surface area contributed by atoms with Gasteiger partial charge in [0, 0.05) is 19.1 Å². The van der Waals surface area contributed by atoms with Gasteiger partial charge < -0.3 is 16.0 Å². The van der Waals surface area contributed by atoms with Gasteiger partial charge in [-0.3, -0.25) is 4.79 Å². The van der Waals surface area contributed by atoms with Gasteiger partial charge in [0.1, 0.15) is 6.04 Å². The Labute approximate surface area is 108 Å². The van der Waals surface area contributed by atoms with Crippen molar-refractivity contribution in [3.8, 4) is 0 Å². The number of nitrogens with one attached hydrogen (secondary N) is 1. The molecule has 0 heterocycles. The van der Waals surface area contributed by atoms with E-state index >= 15 is 0 Å². The Morgan fingerprint density at radius 1 is 1.44 bits per heavy atom. The summed E-state index contributed by atoms with van der Waals surface area (Å²) in [5.41, 5.74) is 6.75. The lowest BCUT2D eigenvalue weighted by Crippen LogP contribution is -2.38. The summed E-state index contributed by atoms with van der Waals surface area (Å²) in [6.45, 7) is 1.55. The fourth-order valence-electron chi connectivity index (χ4n) is 1.98. The van der Waals surface area contributed by atoms with Crippen molar-refractivity contribution in [1.82, 2.24) is 10.2 Å². The van der Waals surface area contributed by atoms with Gasteiger partial charge in [-0.25, -0.2) is 0 Å². The van der Waals surface area contributed by atoms with Crippen molar-refractivity contribution in [3.05, 3.63) is 35.9 Å². The van der Waals surface area contributed by atoms with Crippen molar-refractivity contribution in [3.63, 3.8) is 0 Å². The predicted octanol–water partition coefficient (Wildman–Crippen LogP) is 0.897. The predicted molar refractivity (Wildman–Crippen MR) is 72.0 cm³/mol. The smallest absolute Gasteiger partial charge is 0.241 e. The normalized spacial score (nSPS) is 16.6. The van der Waals surface area contributed by atoms with E-state index in [0.29, 0.717) is 6.54 Å². The van der Waals surface area contributed by atoms with E-state index in [4.69, 9.17) is 5.73 Å². The van der Waals surface area contributed by atoms with Crippen molar-refractivity contribution in [2.45, 2.75) is 24.9 Å². The second kappa shape index (κ2) is 5.98. The van der Waals surface area contributed by atoms with Crippen LogP contribution in [-0.4, -0.2) is 37.0 Å². The minimum absolute atomic E-state index is 0.106. The Kier molecular flexibility index (Phi) is 4.33. The van der Waals surface area contributed by atoms with Crippen LogP contribution in [-0.2, 0) is 4.79 Å². The molecular weight excluding hydrogens is 226 g/mol. The Bertz CT molecular complexity index is 389. The number of likely N-dealkylation sites (N-methyl/N-ethyl adjacent to an activating group) is 1. The van der Waals surface area contributed by atoms with Gasteiger partial charge in [-0.05, 0) is 25.5 Å². The summed E-state index contributed by atoms with van der Waals surface area (Å²) >= 11 is 0. The molecule has 98 valence electrons. The van der Waals surface area contributed by atoms with Crippen LogP contribution in [0.1, 0.15) is 24.4 Å². The third-order valence-corrected chi connectivity index (χ3v) is 3.38. The Morgan fingerprint density at radius 2 is 2.11 bits per heavy atom. The molecule has 4 heteroatoms. The molecule has 0 bridgehead atoms. The van der Waals surface area contributed by atoms with Gasteiger partial charge in [-0.2, -0.15) is 0 Å². The van der Waals surface area contributed by atoms with Crippen LogP contribution in [0.2, 0.25) is 0 Å². The molecule has 0 spiro atoms. The van der Waals surface area contributed by atoms with E-state index in [1.807, 2.05) is 30.3 Å². The van der Waals surface area contributed by atoms with Gasteiger partial charge in [0.15, 0.2) is 0 Å². The highest BCUT2D eigenvalue weighted by Gasteiger charge is 2.25. The van der Waals surface area contributed by atoms with Crippen LogP contribution in [0, 0.1) is 0 Å². The summed E-state index contributed by atoms with van der Waals surface area (Å²) in [7, 11) is 2.10. The van der Waals surface area contributed by atoms with Crippen molar-refractivity contribution in [1.29, 1.82) is 0 Å². The number of hydrogen-bond acceptors (Lipinski definition) is 3. The summed E-state index contributed by atoms with van der Waals surface area (Å²) in [5, 5.41) is 2.89. The SMILES string of the molecule is CN(CCNC(=O)[C@H](N)c1ccccc1)C1CC1. The molecule has 1 aromatic carbocycles. The van der Waals surface area contributed by atoms with Crippen LogP contribution in [0.4, 0.5) is 0 Å². The molecule has 0 aliphatic heterocycles. The molecule has 1 amide bonds. The molecule has 1 saturated carbocycles. The topological polar surface area (TPSA) is 58.4 Å². The van der Waals surface area contributed by atoms with Crippen molar-refractivity contribution < 1.29 is 4.79 Å². The highest BCUT2D eigenvalue weighted by Crippen LogP contribution is 2.24. The number of nitrogens with zero attached hydrogens (tertiary/aromatic N) is 1. The van der Waals surface area contributed by atoms with Gasteiger partial charge in [0.05, 0.1) is 0 Å². The van der Waals surface area contributed by atoms with Crippen LogP contribution >= 0.6 is 0 Å². The molecule has 0 radical (unpaired) electrons. The van der Waals surface area contributed by atoms with E-state index in [1.54, 1.807) is 0 Å². The molecule has 1 fully saturated rings. The van der Waals surface area contributed by atoms with Crippen LogP contribution in [0.3, 0.4) is 0 Å². The minimum atomic E-state index is -0.572. The first-order valence-electron chi connectivity index (χ1n) is 6.47. The molecule has 4 nitrogen and oxygen atoms in total. The van der Waals surface area contributed by atoms with Crippen LogP contribution in [0.5, 0.6) is 0 Å². The van der Waals surface area contributed by atoms with E-state index in [2.05, 4.69) is 17.3 Å². The number of carbonyl (C=O) groups is 1. The van der Waals surface area contributed by atoms with Gasteiger partial charge in [0.2, 0.25) is 5.91 Å².